The zero-order valence-corrected chi connectivity index (χ0v) is 22.6. The number of piperazine rings is 1. The number of benzene rings is 2. The molecule has 1 amide bonds. The molecule has 0 atom stereocenters. The van der Waals surface area contributed by atoms with E-state index in [1.807, 2.05) is 12.1 Å². The van der Waals surface area contributed by atoms with Crippen LogP contribution in [0.2, 0.25) is 0 Å². The lowest BCUT2D eigenvalue weighted by atomic mass is 10.2. The predicted octanol–water partition coefficient (Wildman–Crippen LogP) is 3.64. The molecule has 3 aromatic rings. The van der Waals surface area contributed by atoms with E-state index in [-0.39, 0.29) is 23.9 Å². The molecule has 196 valence electrons. The van der Waals surface area contributed by atoms with E-state index in [0.29, 0.717) is 43.2 Å². The Morgan fingerprint density at radius 2 is 1.68 bits per heavy atom. The molecule has 2 heterocycles. The summed E-state index contributed by atoms with van der Waals surface area (Å²) in [6, 6.07) is 9.91. The van der Waals surface area contributed by atoms with E-state index >= 15 is 0 Å². The third-order valence-electron chi connectivity index (χ3n) is 6.13. The van der Waals surface area contributed by atoms with E-state index < -0.39 is 10.0 Å². The number of fused-ring (bicyclic) bond motifs is 1. The number of nitrogens with zero attached hydrogens (tertiary/aromatic N) is 4. The Balaban J connectivity index is 1.43. The molecule has 1 saturated heterocycles. The normalized spacial score (nSPS) is 14.1. The van der Waals surface area contributed by atoms with Crippen molar-refractivity contribution < 1.29 is 22.7 Å². The molecule has 0 saturated carbocycles. The van der Waals surface area contributed by atoms with Crippen LogP contribution in [0.25, 0.3) is 10.2 Å². The number of amides is 1. The first-order valence-corrected chi connectivity index (χ1v) is 14.0. The monoisotopic (exact) mass is 542 g/mol. The highest BCUT2D eigenvalue weighted by Gasteiger charge is 2.26. The molecule has 0 unspecified atom stereocenters. The minimum Gasteiger partial charge on any atom is -0.493 e. The maximum Gasteiger partial charge on any atom is 0.253 e. The smallest absolute Gasteiger partial charge is 0.253 e. The van der Waals surface area contributed by atoms with Crippen molar-refractivity contribution in [3.63, 3.8) is 0 Å². The molecule has 0 radical (unpaired) electrons. The summed E-state index contributed by atoms with van der Waals surface area (Å²) in [6.07, 6.45) is 3.06. The van der Waals surface area contributed by atoms with Crippen LogP contribution in [0.5, 0.6) is 11.5 Å². The Morgan fingerprint density at radius 1 is 1.03 bits per heavy atom. The third kappa shape index (κ3) is 5.34. The summed E-state index contributed by atoms with van der Waals surface area (Å²) >= 11 is 1.57. The number of hydrogen-bond acceptors (Lipinski definition) is 8. The first-order chi connectivity index (χ1) is 17.8. The average Bonchev–Trinajstić information content (AvgIpc) is 3.36. The maximum atomic E-state index is 13.1. The standard InChI is InChI=1S/C26H30N4O5S2/c1-5-13-30(14-6-2)37(32,33)20-9-7-19(8-10-20)25(31)28-15-17-29(18-16-28)26-27-23-22(36-26)12-11-21(34-3)24(23)35-4/h5-12H,1-2,13-18H2,3-4H3. The van der Waals surface area contributed by atoms with E-state index in [1.165, 1.54) is 28.6 Å². The SMILES string of the molecule is C=CCN(CC=C)S(=O)(=O)c1ccc(C(=O)N2CCN(c3nc4c(OC)c(OC)ccc4s3)CC2)cc1. The highest BCUT2D eigenvalue weighted by molar-refractivity contribution is 7.89. The summed E-state index contributed by atoms with van der Waals surface area (Å²) in [5, 5.41) is 0.867. The number of ether oxygens (including phenoxy) is 2. The largest absolute Gasteiger partial charge is 0.493 e. The van der Waals surface area contributed by atoms with Gasteiger partial charge in [0.25, 0.3) is 5.91 Å². The van der Waals surface area contributed by atoms with Gasteiger partial charge in [0.05, 0.1) is 23.8 Å². The second-order valence-electron chi connectivity index (χ2n) is 8.35. The minimum atomic E-state index is -3.71. The first-order valence-electron chi connectivity index (χ1n) is 11.7. The molecule has 11 heteroatoms. The van der Waals surface area contributed by atoms with Gasteiger partial charge in [-0.2, -0.15) is 4.31 Å². The quantitative estimate of drug-likeness (QED) is 0.361. The molecule has 1 aliphatic heterocycles. The Kier molecular flexibility index (Phi) is 8.16. The lowest BCUT2D eigenvalue weighted by Crippen LogP contribution is -2.48. The molecule has 1 aliphatic rings. The molecule has 2 aromatic carbocycles. The highest BCUT2D eigenvalue weighted by Crippen LogP contribution is 2.40. The highest BCUT2D eigenvalue weighted by atomic mass is 32.2. The molecule has 0 aliphatic carbocycles. The number of aromatic nitrogens is 1. The van der Waals surface area contributed by atoms with E-state index in [0.717, 1.165) is 15.3 Å². The summed E-state index contributed by atoms with van der Waals surface area (Å²) in [5.74, 6) is 1.11. The van der Waals surface area contributed by atoms with Crippen molar-refractivity contribution in [3.8, 4) is 11.5 Å². The minimum absolute atomic E-state index is 0.125. The van der Waals surface area contributed by atoms with Crippen LogP contribution in [0.4, 0.5) is 5.13 Å². The summed E-state index contributed by atoms with van der Waals surface area (Å²) in [7, 11) is -0.519. The topological polar surface area (TPSA) is 92.3 Å². The van der Waals surface area contributed by atoms with Gasteiger partial charge in [-0.25, -0.2) is 13.4 Å². The van der Waals surface area contributed by atoms with Gasteiger partial charge in [-0.3, -0.25) is 4.79 Å². The number of anilines is 1. The Morgan fingerprint density at radius 3 is 2.24 bits per heavy atom. The van der Waals surface area contributed by atoms with E-state index in [4.69, 9.17) is 14.5 Å². The molecular weight excluding hydrogens is 512 g/mol. The lowest BCUT2D eigenvalue weighted by Gasteiger charge is -2.34. The van der Waals surface area contributed by atoms with Gasteiger partial charge in [0.15, 0.2) is 16.6 Å². The molecule has 9 nitrogen and oxygen atoms in total. The predicted molar refractivity (Wildman–Crippen MR) is 146 cm³/mol. The van der Waals surface area contributed by atoms with Crippen molar-refractivity contribution in [2.45, 2.75) is 4.90 Å². The molecule has 0 N–H and O–H groups in total. The van der Waals surface area contributed by atoms with Crippen LogP contribution in [0.3, 0.4) is 0 Å². The summed E-state index contributed by atoms with van der Waals surface area (Å²) in [6.45, 7) is 9.92. The Labute approximate surface area is 221 Å². The summed E-state index contributed by atoms with van der Waals surface area (Å²) in [5.41, 5.74) is 1.21. The Hall–Kier alpha value is -3.41. The van der Waals surface area contributed by atoms with Gasteiger partial charge in [-0.05, 0) is 36.4 Å². The van der Waals surface area contributed by atoms with Gasteiger partial charge >= 0.3 is 0 Å². The number of rotatable bonds is 10. The summed E-state index contributed by atoms with van der Waals surface area (Å²) in [4.78, 5) is 22.0. The second kappa shape index (κ2) is 11.3. The van der Waals surface area contributed by atoms with Crippen molar-refractivity contribution in [3.05, 3.63) is 67.3 Å². The zero-order chi connectivity index (χ0) is 26.6. The fraction of sp³-hybridized carbons (Fsp3) is 0.308. The van der Waals surface area contributed by atoms with Crippen LogP contribution < -0.4 is 14.4 Å². The van der Waals surface area contributed by atoms with Crippen molar-refractivity contribution in [1.29, 1.82) is 0 Å². The number of methoxy groups -OCH3 is 2. The van der Waals surface area contributed by atoms with Crippen LogP contribution in [0.1, 0.15) is 10.4 Å². The lowest BCUT2D eigenvalue weighted by molar-refractivity contribution is 0.0746. The first kappa shape index (κ1) is 26.6. The molecule has 0 bridgehead atoms. The van der Waals surface area contributed by atoms with Crippen molar-refractivity contribution in [1.82, 2.24) is 14.2 Å². The fourth-order valence-corrected chi connectivity index (χ4v) is 6.59. The van der Waals surface area contributed by atoms with E-state index in [1.54, 1.807) is 42.6 Å². The molecule has 0 spiro atoms. The number of carbonyl (C=O) groups is 1. The number of thiazole rings is 1. The van der Waals surface area contributed by atoms with Crippen LogP contribution in [-0.2, 0) is 10.0 Å². The number of sulfonamides is 1. The van der Waals surface area contributed by atoms with Crippen molar-refractivity contribution >= 4 is 42.6 Å². The van der Waals surface area contributed by atoms with Gasteiger partial charge in [-0.1, -0.05) is 23.5 Å². The van der Waals surface area contributed by atoms with Crippen molar-refractivity contribution in [2.24, 2.45) is 0 Å². The molecule has 1 aromatic heterocycles. The fourth-order valence-electron chi connectivity index (χ4n) is 4.19. The van der Waals surface area contributed by atoms with Crippen LogP contribution in [0.15, 0.2) is 66.6 Å². The van der Waals surface area contributed by atoms with Crippen LogP contribution in [-0.4, -0.2) is 82.0 Å². The average molecular weight is 543 g/mol. The number of carbonyl (C=O) groups excluding carboxylic acids is 1. The number of hydrogen-bond donors (Lipinski definition) is 0. The molecular formula is C26H30N4O5S2. The summed E-state index contributed by atoms with van der Waals surface area (Å²) < 4.78 is 39.0. The van der Waals surface area contributed by atoms with Gasteiger partial charge in [0.1, 0.15) is 5.52 Å². The van der Waals surface area contributed by atoms with Crippen LogP contribution in [0, 0.1) is 0 Å². The van der Waals surface area contributed by atoms with E-state index in [2.05, 4.69) is 18.1 Å². The van der Waals surface area contributed by atoms with Gasteiger partial charge in [0.2, 0.25) is 10.0 Å². The molecule has 1 fully saturated rings. The Bertz CT molecular complexity index is 1380. The van der Waals surface area contributed by atoms with Crippen molar-refractivity contribution in [2.75, 3.05) is 58.4 Å². The van der Waals surface area contributed by atoms with Gasteiger partial charge < -0.3 is 19.3 Å². The van der Waals surface area contributed by atoms with Gasteiger partial charge in [-0.15, -0.1) is 13.2 Å². The second-order valence-corrected chi connectivity index (χ2v) is 11.3. The van der Waals surface area contributed by atoms with Crippen LogP contribution >= 0.6 is 11.3 Å². The molecule has 4 rings (SSSR count). The molecule has 37 heavy (non-hydrogen) atoms. The zero-order valence-electron chi connectivity index (χ0n) is 20.9. The maximum absolute atomic E-state index is 13.1. The van der Waals surface area contributed by atoms with Gasteiger partial charge in [0, 0.05) is 44.8 Å². The third-order valence-corrected chi connectivity index (χ3v) is 9.06. The van der Waals surface area contributed by atoms with E-state index in [9.17, 15) is 13.2 Å².